The minimum atomic E-state index is -3.82. The lowest BCUT2D eigenvalue weighted by Crippen LogP contribution is -2.30. The van der Waals surface area contributed by atoms with Crippen LogP contribution in [0.25, 0.3) is 17.1 Å². The Labute approximate surface area is 225 Å². The van der Waals surface area contributed by atoms with E-state index in [9.17, 15) is 12.8 Å². The molecule has 38 heavy (non-hydrogen) atoms. The molecule has 0 bridgehead atoms. The van der Waals surface area contributed by atoms with Gasteiger partial charge >= 0.3 is 0 Å². The fraction of sp³-hybridized carbons (Fsp3) is 0.103. The van der Waals surface area contributed by atoms with Gasteiger partial charge in [0.05, 0.1) is 4.90 Å². The van der Waals surface area contributed by atoms with E-state index in [0.29, 0.717) is 22.2 Å². The van der Waals surface area contributed by atoms with E-state index < -0.39 is 10.0 Å². The van der Waals surface area contributed by atoms with Gasteiger partial charge in [-0.25, -0.2) is 12.8 Å². The summed E-state index contributed by atoms with van der Waals surface area (Å²) in [6.45, 7) is 0.493. The van der Waals surface area contributed by atoms with Crippen LogP contribution in [-0.2, 0) is 23.1 Å². The normalized spacial score (nSPS) is 11.7. The van der Waals surface area contributed by atoms with Crippen LogP contribution >= 0.6 is 11.8 Å². The molecule has 0 fully saturated rings. The first-order valence-corrected chi connectivity index (χ1v) is 14.6. The second-order valence-electron chi connectivity index (χ2n) is 8.59. The summed E-state index contributed by atoms with van der Waals surface area (Å²) >= 11 is 1.41. The zero-order valence-electron chi connectivity index (χ0n) is 20.6. The van der Waals surface area contributed by atoms with E-state index in [1.54, 1.807) is 36.4 Å². The Morgan fingerprint density at radius 2 is 1.32 bits per heavy atom. The molecule has 6 nitrogen and oxygen atoms in total. The third-order valence-corrected chi connectivity index (χ3v) is 8.49. The molecule has 0 aliphatic rings. The highest BCUT2D eigenvalue weighted by Crippen LogP contribution is 2.29. The third-order valence-electron chi connectivity index (χ3n) is 6.05. The number of benzene rings is 4. The van der Waals surface area contributed by atoms with Crippen molar-refractivity contribution in [2.45, 2.75) is 23.1 Å². The number of hydrogen-bond acceptors (Lipinski definition) is 5. The van der Waals surface area contributed by atoms with Crippen LogP contribution in [-0.4, -0.2) is 33.7 Å². The molecule has 0 saturated carbocycles. The largest absolute Gasteiger partial charge is 0.270 e. The molecule has 0 saturated heterocycles. The Morgan fingerprint density at radius 1 is 0.763 bits per heavy atom. The van der Waals surface area contributed by atoms with Gasteiger partial charge in [-0.1, -0.05) is 72.4 Å². The first kappa shape index (κ1) is 25.8. The van der Waals surface area contributed by atoms with Crippen molar-refractivity contribution < 1.29 is 12.8 Å². The van der Waals surface area contributed by atoms with Crippen LogP contribution in [0, 0.1) is 5.82 Å². The molecule has 0 unspecified atom stereocenters. The molecule has 0 aliphatic heterocycles. The number of aromatic nitrogens is 3. The number of hydrogen-bond donors (Lipinski definition) is 0. The highest BCUT2D eigenvalue weighted by atomic mass is 32.2. The summed E-state index contributed by atoms with van der Waals surface area (Å²) in [5, 5.41) is 9.19. The van der Waals surface area contributed by atoms with Crippen molar-refractivity contribution in [2.24, 2.45) is 0 Å². The van der Waals surface area contributed by atoms with Crippen molar-refractivity contribution in [3.05, 3.63) is 126 Å². The molecule has 0 aliphatic carbocycles. The minimum absolute atomic E-state index is 0.190. The average molecular weight is 545 g/mol. The summed E-state index contributed by atoms with van der Waals surface area (Å²) in [4.78, 5) is 0.190. The van der Waals surface area contributed by atoms with Crippen molar-refractivity contribution in [1.82, 2.24) is 19.1 Å². The topological polar surface area (TPSA) is 68.1 Å². The Hall–Kier alpha value is -3.79. The Balaban J connectivity index is 1.50. The average Bonchev–Trinajstić information content (AvgIpc) is 3.38. The van der Waals surface area contributed by atoms with Crippen LogP contribution in [0.3, 0.4) is 0 Å². The Kier molecular flexibility index (Phi) is 7.69. The van der Waals surface area contributed by atoms with Crippen LogP contribution in [0.15, 0.2) is 119 Å². The number of nitrogens with zero attached hydrogens (tertiary/aromatic N) is 4. The second kappa shape index (κ2) is 11.3. The molecule has 4 aromatic carbocycles. The van der Waals surface area contributed by atoms with E-state index in [-0.39, 0.29) is 23.8 Å². The Morgan fingerprint density at radius 3 is 1.84 bits per heavy atom. The SMILES string of the molecule is CSc1nnc(-c2ccc(F)cc2)n1-c1ccc(S(=O)(=O)N(Cc2ccccc2)Cc2ccccc2)cc1. The van der Waals surface area contributed by atoms with E-state index in [2.05, 4.69) is 10.2 Å². The molecule has 9 heteroatoms. The summed E-state index contributed by atoms with van der Waals surface area (Å²) in [5.74, 6) is 0.203. The summed E-state index contributed by atoms with van der Waals surface area (Å²) in [6.07, 6.45) is 1.89. The van der Waals surface area contributed by atoms with Gasteiger partial charge in [0.15, 0.2) is 11.0 Å². The van der Waals surface area contributed by atoms with Gasteiger partial charge in [-0.2, -0.15) is 4.31 Å². The van der Waals surface area contributed by atoms with Crippen LogP contribution in [0.5, 0.6) is 0 Å². The summed E-state index contributed by atoms with van der Waals surface area (Å²) in [6, 6.07) is 31.8. The van der Waals surface area contributed by atoms with Crippen molar-refractivity contribution in [2.75, 3.05) is 6.26 Å². The fourth-order valence-electron chi connectivity index (χ4n) is 4.14. The summed E-state index contributed by atoms with van der Waals surface area (Å²) < 4.78 is 44.5. The summed E-state index contributed by atoms with van der Waals surface area (Å²) in [7, 11) is -3.82. The van der Waals surface area contributed by atoms with Crippen LogP contribution < -0.4 is 0 Å². The standard InChI is InChI=1S/C29H25FN4O2S2/c1-37-29-32-31-28(24-12-14-25(30)15-13-24)34(29)26-16-18-27(19-17-26)38(35,36)33(20-22-8-4-2-5-9-22)21-23-10-6-3-7-11-23/h2-19H,20-21H2,1H3. The molecule has 0 N–H and O–H groups in total. The summed E-state index contributed by atoms with van der Waals surface area (Å²) in [5.41, 5.74) is 3.21. The Bertz CT molecular complexity index is 1570. The molecule has 0 radical (unpaired) electrons. The molecule has 0 amide bonds. The van der Waals surface area contributed by atoms with E-state index in [4.69, 9.17) is 0 Å². The molecular weight excluding hydrogens is 519 g/mol. The van der Waals surface area contributed by atoms with E-state index in [1.807, 2.05) is 71.5 Å². The highest BCUT2D eigenvalue weighted by molar-refractivity contribution is 7.98. The third kappa shape index (κ3) is 5.55. The number of sulfonamides is 1. The maximum Gasteiger partial charge on any atom is 0.243 e. The lowest BCUT2D eigenvalue weighted by Gasteiger charge is -2.23. The quantitative estimate of drug-likeness (QED) is 0.207. The van der Waals surface area contributed by atoms with Crippen molar-refractivity contribution in [1.29, 1.82) is 0 Å². The second-order valence-corrected chi connectivity index (χ2v) is 11.3. The minimum Gasteiger partial charge on any atom is -0.270 e. The lowest BCUT2D eigenvalue weighted by atomic mass is 10.2. The van der Waals surface area contributed by atoms with Gasteiger partial charge in [-0.05, 0) is 65.9 Å². The van der Waals surface area contributed by atoms with Gasteiger partial charge in [-0.15, -0.1) is 10.2 Å². The first-order valence-electron chi connectivity index (χ1n) is 11.9. The number of thioether (sulfide) groups is 1. The van der Waals surface area contributed by atoms with Crippen LogP contribution in [0.4, 0.5) is 4.39 Å². The molecule has 192 valence electrons. The molecule has 1 heterocycles. The fourth-order valence-corrected chi connectivity index (χ4v) is 6.05. The zero-order valence-corrected chi connectivity index (χ0v) is 22.2. The van der Waals surface area contributed by atoms with Crippen molar-refractivity contribution in [3.63, 3.8) is 0 Å². The lowest BCUT2D eigenvalue weighted by molar-refractivity contribution is 0.401. The monoisotopic (exact) mass is 544 g/mol. The van der Waals surface area contributed by atoms with Crippen LogP contribution in [0.2, 0.25) is 0 Å². The van der Waals surface area contributed by atoms with Gasteiger partial charge in [0.2, 0.25) is 10.0 Å². The van der Waals surface area contributed by atoms with E-state index in [1.165, 1.54) is 28.2 Å². The van der Waals surface area contributed by atoms with Gasteiger partial charge < -0.3 is 0 Å². The maximum absolute atomic E-state index is 13.8. The van der Waals surface area contributed by atoms with Crippen molar-refractivity contribution in [3.8, 4) is 17.1 Å². The van der Waals surface area contributed by atoms with Gasteiger partial charge in [0, 0.05) is 24.3 Å². The molecule has 5 aromatic rings. The number of rotatable bonds is 9. The maximum atomic E-state index is 13.8. The van der Waals surface area contributed by atoms with Gasteiger partial charge in [-0.3, -0.25) is 4.57 Å². The predicted octanol–water partition coefficient (Wildman–Crippen LogP) is 6.19. The zero-order chi connectivity index (χ0) is 26.5. The molecule has 0 atom stereocenters. The molecule has 1 aromatic heterocycles. The smallest absolute Gasteiger partial charge is 0.243 e. The molecular formula is C29H25FN4O2S2. The highest BCUT2D eigenvalue weighted by Gasteiger charge is 2.25. The molecule has 5 rings (SSSR count). The van der Waals surface area contributed by atoms with Crippen molar-refractivity contribution >= 4 is 21.8 Å². The predicted molar refractivity (Wildman–Crippen MR) is 148 cm³/mol. The van der Waals surface area contributed by atoms with Crippen LogP contribution in [0.1, 0.15) is 11.1 Å². The van der Waals surface area contributed by atoms with Gasteiger partial charge in [0.25, 0.3) is 0 Å². The number of halogens is 1. The van der Waals surface area contributed by atoms with Gasteiger partial charge in [0.1, 0.15) is 5.82 Å². The van der Waals surface area contributed by atoms with E-state index in [0.717, 1.165) is 11.1 Å². The molecule has 0 spiro atoms. The first-order chi connectivity index (χ1) is 18.5. The van der Waals surface area contributed by atoms with E-state index >= 15 is 0 Å².